The molecule has 7 nitrogen and oxygen atoms in total. The van der Waals surface area contributed by atoms with Crippen LogP contribution in [0.4, 0.5) is 5.82 Å². The summed E-state index contributed by atoms with van der Waals surface area (Å²) in [6.07, 6.45) is 5.29. The highest BCUT2D eigenvalue weighted by molar-refractivity contribution is 5.58. The summed E-state index contributed by atoms with van der Waals surface area (Å²) in [4.78, 5) is 13.9. The molecule has 7 heteroatoms. The largest absolute Gasteiger partial charge is 0.381 e. The van der Waals surface area contributed by atoms with Gasteiger partial charge in [-0.05, 0) is 38.3 Å². The highest BCUT2D eigenvalue weighted by atomic mass is 16.5. The molecule has 0 amide bonds. The molecule has 2 aromatic rings. The summed E-state index contributed by atoms with van der Waals surface area (Å²) in [5.41, 5.74) is 0.927. The van der Waals surface area contributed by atoms with E-state index >= 15 is 0 Å². The summed E-state index contributed by atoms with van der Waals surface area (Å²) >= 11 is 0. The van der Waals surface area contributed by atoms with Gasteiger partial charge in [0.15, 0.2) is 5.82 Å². The van der Waals surface area contributed by atoms with E-state index in [1.54, 1.807) is 0 Å². The first kappa shape index (κ1) is 16.5. The van der Waals surface area contributed by atoms with Crippen molar-refractivity contribution in [3.8, 4) is 11.5 Å². The SMILES string of the molecule is Cc1noc(-c2ccnc(N3CCCN(C4CCOCC4)CC3)c2)n1. The number of aromatic nitrogens is 3. The molecule has 0 aromatic carbocycles. The van der Waals surface area contributed by atoms with Crippen molar-refractivity contribution in [3.05, 3.63) is 24.2 Å². The number of rotatable bonds is 3. The third kappa shape index (κ3) is 3.82. The molecule has 2 aliphatic heterocycles. The summed E-state index contributed by atoms with van der Waals surface area (Å²) in [5, 5.41) is 3.87. The van der Waals surface area contributed by atoms with Gasteiger partial charge in [0.1, 0.15) is 5.82 Å². The maximum Gasteiger partial charge on any atom is 0.258 e. The van der Waals surface area contributed by atoms with Gasteiger partial charge in [-0.3, -0.25) is 4.90 Å². The van der Waals surface area contributed by atoms with Crippen LogP contribution in [0.15, 0.2) is 22.9 Å². The average Bonchev–Trinajstić information content (AvgIpc) is 2.95. The second-order valence-corrected chi connectivity index (χ2v) is 6.77. The van der Waals surface area contributed by atoms with Crippen molar-refractivity contribution in [2.75, 3.05) is 44.3 Å². The van der Waals surface area contributed by atoms with Gasteiger partial charge in [0, 0.05) is 57.2 Å². The van der Waals surface area contributed by atoms with E-state index in [4.69, 9.17) is 9.26 Å². The number of pyridine rings is 1. The Bertz CT molecular complexity index is 698. The minimum Gasteiger partial charge on any atom is -0.381 e. The molecule has 2 saturated heterocycles. The molecule has 0 saturated carbocycles. The Morgan fingerprint density at radius 1 is 1.12 bits per heavy atom. The van der Waals surface area contributed by atoms with Crippen LogP contribution in [0, 0.1) is 6.92 Å². The molecule has 4 rings (SSSR count). The second-order valence-electron chi connectivity index (χ2n) is 6.77. The van der Waals surface area contributed by atoms with Gasteiger partial charge in [-0.25, -0.2) is 4.98 Å². The van der Waals surface area contributed by atoms with E-state index < -0.39 is 0 Å². The fourth-order valence-electron chi connectivity index (χ4n) is 3.72. The summed E-state index contributed by atoms with van der Waals surface area (Å²) in [5.74, 6) is 2.19. The van der Waals surface area contributed by atoms with Gasteiger partial charge in [-0.1, -0.05) is 5.16 Å². The van der Waals surface area contributed by atoms with Crippen LogP contribution in [0.5, 0.6) is 0 Å². The lowest BCUT2D eigenvalue weighted by Crippen LogP contribution is -2.41. The third-order valence-corrected chi connectivity index (χ3v) is 5.08. The normalized spacial score (nSPS) is 20.6. The van der Waals surface area contributed by atoms with Crippen LogP contribution in [0.3, 0.4) is 0 Å². The summed E-state index contributed by atoms with van der Waals surface area (Å²) in [6, 6.07) is 4.65. The molecule has 0 radical (unpaired) electrons. The quantitative estimate of drug-likeness (QED) is 0.845. The zero-order chi connectivity index (χ0) is 17.1. The van der Waals surface area contributed by atoms with Crippen LogP contribution >= 0.6 is 0 Å². The number of hydrogen-bond acceptors (Lipinski definition) is 7. The predicted octanol–water partition coefficient (Wildman–Crippen LogP) is 2.13. The molecule has 2 fully saturated rings. The smallest absolute Gasteiger partial charge is 0.258 e. The second kappa shape index (κ2) is 7.49. The van der Waals surface area contributed by atoms with Gasteiger partial charge in [0.2, 0.25) is 0 Å². The van der Waals surface area contributed by atoms with Gasteiger partial charge in [0.05, 0.1) is 0 Å². The first-order chi connectivity index (χ1) is 12.3. The van der Waals surface area contributed by atoms with Crippen LogP contribution in [-0.2, 0) is 4.74 Å². The minimum atomic E-state index is 0.555. The molecule has 0 aliphatic carbocycles. The first-order valence-corrected chi connectivity index (χ1v) is 9.13. The zero-order valence-electron chi connectivity index (χ0n) is 14.7. The highest BCUT2D eigenvalue weighted by Crippen LogP contribution is 2.23. The summed E-state index contributed by atoms with van der Waals surface area (Å²) in [7, 11) is 0. The van der Waals surface area contributed by atoms with Crippen molar-refractivity contribution >= 4 is 5.82 Å². The van der Waals surface area contributed by atoms with Crippen molar-refractivity contribution in [1.29, 1.82) is 0 Å². The molecule has 134 valence electrons. The van der Waals surface area contributed by atoms with Gasteiger partial charge >= 0.3 is 0 Å². The van der Waals surface area contributed by atoms with Gasteiger partial charge in [-0.15, -0.1) is 0 Å². The van der Waals surface area contributed by atoms with Crippen molar-refractivity contribution in [1.82, 2.24) is 20.0 Å². The van der Waals surface area contributed by atoms with E-state index in [2.05, 4.69) is 31.0 Å². The minimum absolute atomic E-state index is 0.555. The number of nitrogens with zero attached hydrogens (tertiary/aromatic N) is 5. The molecule has 2 aromatic heterocycles. The zero-order valence-corrected chi connectivity index (χ0v) is 14.7. The van der Waals surface area contributed by atoms with Crippen LogP contribution in [0.1, 0.15) is 25.1 Å². The maximum atomic E-state index is 5.50. The van der Waals surface area contributed by atoms with Crippen LogP contribution in [0.2, 0.25) is 0 Å². The molecular weight excluding hydrogens is 318 g/mol. The van der Waals surface area contributed by atoms with Crippen LogP contribution < -0.4 is 4.90 Å². The van der Waals surface area contributed by atoms with Crippen molar-refractivity contribution < 1.29 is 9.26 Å². The number of aryl methyl sites for hydroxylation is 1. The van der Waals surface area contributed by atoms with Gasteiger partial charge < -0.3 is 14.2 Å². The molecule has 0 bridgehead atoms. The molecule has 0 unspecified atom stereocenters. The van der Waals surface area contributed by atoms with Crippen molar-refractivity contribution in [2.45, 2.75) is 32.2 Å². The Kier molecular flexibility index (Phi) is 4.94. The van der Waals surface area contributed by atoms with E-state index in [0.29, 0.717) is 17.8 Å². The van der Waals surface area contributed by atoms with E-state index in [0.717, 1.165) is 70.0 Å². The van der Waals surface area contributed by atoms with E-state index in [-0.39, 0.29) is 0 Å². The van der Waals surface area contributed by atoms with Gasteiger partial charge in [-0.2, -0.15) is 4.98 Å². The lowest BCUT2D eigenvalue weighted by atomic mass is 10.1. The molecule has 0 spiro atoms. The number of anilines is 1. The van der Waals surface area contributed by atoms with Crippen molar-refractivity contribution in [2.24, 2.45) is 0 Å². The molecule has 4 heterocycles. The molecule has 2 aliphatic rings. The molecular formula is C18H25N5O2. The Morgan fingerprint density at radius 2 is 2.00 bits per heavy atom. The summed E-state index contributed by atoms with van der Waals surface area (Å²) in [6.45, 7) is 7.89. The van der Waals surface area contributed by atoms with Crippen LogP contribution in [-0.4, -0.2) is 65.5 Å². The Hall–Kier alpha value is -1.99. The Labute approximate surface area is 148 Å². The average molecular weight is 343 g/mol. The standard InChI is InChI=1S/C18H25N5O2/c1-14-20-18(25-21-14)15-3-6-19-17(13-15)23-8-2-7-22(9-10-23)16-4-11-24-12-5-16/h3,6,13,16H,2,4-5,7-12H2,1H3. The predicted molar refractivity (Wildman–Crippen MR) is 94.5 cm³/mol. The van der Waals surface area contributed by atoms with E-state index in [1.165, 1.54) is 0 Å². The van der Waals surface area contributed by atoms with Crippen LogP contribution in [0.25, 0.3) is 11.5 Å². The lowest BCUT2D eigenvalue weighted by Gasteiger charge is -2.33. The summed E-state index contributed by atoms with van der Waals surface area (Å²) < 4.78 is 10.8. The third-order valence-electron chi connectivity index (χ3n) is 5.08. The van der Waals surface area contributed by atoms with E-state index in [1.807, 2.05) is 19.2 Å². The number of ether oxygens (including phenoxy) is 1. The molecule has 0 N–H and O–H groups in total. The highest BCUT2D eigenvalue weighted by Gasteiger charge is 2.24. The fourth-order valence-corrected chi connectivity index (χ4v) is 3.72. The Morgan fingerprint density at radius 3 is 2.80 bits per heavy atom. The Balaban J connectivity index is 1.45. The molecule has 0 atom stereocenters. The van der Waals surface area contributed by atoms with E-state index in [9.17, 15) is 0 Å². The van der Waals surface area contributed by atoms with Crippen molar-refractivity contribution in [3.63, 3.8) is 0 Å². The maximum absolute atomic E-state index is 5.50. The monoisotopic (exact) mass is 343 g/mol. The topological polar surface area (TPSA) is 67.5 Å². The van der Waals surface area contributed by atoms with Gasteiger partial charge in [0.25, 0.3) is 5.89 Å². The lowest BCUT2D eigenvalue weighted by molar-refractivity contribution is 0.0365. The first-order valence-electron chi connectivity index (χ1n) is 9.13. The fraction of sp³-hybridized carbons (Fsp3) is 0.611. The molecule has 25 heavy (non-hydrogen) atoms. The number of hydrogen-bond donors (Lipinski definition) is 0.